The zero-order valence-electron chi connectivity index (χ0n) is 10.9. The molecule has 1 atom stereocenters. The van der Waals surface area contributed by atoms with E-state index in [2.05, 4.69) is 5.32 Å². The standard InChI is InChI=1S/C14H19NO3/c1-17-11-6-5-10(14(9-11)18-2)8-13(16)12-4-3-7-15-12/h5-6,9,12,15H,3-4,7-8H2,1-2H3. The van der Waals surface area contributed by atoms with Crippen LogP contribution >= 0.6 is 0 Å². The van der Waals surface area contributed by atoms with Crippen molar-refractivity contribution in [1.29, 1.82) is 0 Å². The lowest BCUT2D eigenvalue weighted by Gasteiger charge is -2.12. The number of nitrogens with one attached hydrogen (secondary N) is 1. The third-order valence-electron chi connectivity index (χ3n) is 3.31. The normalized spacial score (nSPS) is 18.7. The molecule has 1 aromatic rings. The summed E-state index contributed by atoms with van der Waals surface area (Å²) in [6, 6.07) is 5.57. The molecule has 98 valence electrons. The van der Waals surface area contributed by atoms with E-state index in [1.54, 1.807) is 14.2 Å². The lowest BCUT2D eigenvalue weighted by Crippen LogP contribution is -2.31. The molecule has 0 radical (unpaired) electrons. The van der Waals surface area contributed by atoms with Crippen LogP contribution in [0, 0.1) is 0 Å². The summed E-state index contributed by atoms with van der Waals surface area (Å²) in [5.41, 5.74) is 0.914. The van der Waals surface area contributed by atoms with E-state index in [0.717, 1.165) is 30.7 Å². The fourth-order valence-corrected chi connectivity index (χ4v) is 2.27. The lowest BCUT2D eigenvalue weighted by atomic mass is 10.0. The molecular formula is C14H19NO3. The van der Waals surface area contributed by atoms with Gasteiger partial charge in [-0.25, -0.2) is 0 Å². The third-order valence-corrected chi connectivity index (χ3v) is 3.31. The Balaban J connectivity index is 2.10. The fourth-order valence-electron chi connectivity index (χ4n) is 2.27. The van der Waals surface area contributed by atoms with Crippen LogP contribution in [0.3, 0.4) is 0 Å². The molecular weight excluding hydrogens is 230 g/mol. The van der Waals surface area contributed by atoms with E-state index in [-0.39, 0.29) is 11.8 Å². The van der Waals surface area contributed by atoms with Crippen LogP contribution < -0.4 is 14.8 Å². The Morgan fingerprint density at radius 2 is 2.22 bits per heavy atom. The molecule has 1 aliphatic rings. The molecule has 4 nitrogen and oxygen atoms in total. The zero-order chi connectivity index (χ0) is 13.0. The van der Waals surface area contributed by atoms with Crippen LogP contribution in [-0.2, 0) is 11.2 Å². The van der Waals surface area contributed by atoms with E-state index >= 15 is 0 Å². The highest BCUT2D eigenvalue weighted by atomic mass is 16.5. The van der Waals surface area contributed by atoms with Crippen LogP contribution in [0.1, 0.15) is 18.4 Å². The van der Waals surface area contributed by atoms with E-state index in [1.807, 2.05) is 18.2 Å². The van der Waals surface area contributed by atoms with Gasteiger partial charge in [-0.3, -0.25) is 4.79 Å². The van der Waals surface area contributed by atoms with Gasteiger partial charge in [0.05, 0.1) is 20.3 Å². The Kier molecular flexibility index (Phi) is 4.20. The first kappa shape index (κ1) is 12.9. The van der Waals surface area contributed by atoms with Gasteiger partial charge in [0.15, 0.2) is 5.78 Å². The number of carbonyl (C=O) groups excluding carboxylic acids is 1. The second kappa shape index (κ2) is 5.87. The van der Waals surface area contributed by atoms with Crippen molar-refractivity contribution in [2.24, 2.45) is 0 Å². The maximum absolute atomic E-state index is 12.1. The van der Waals surface area contributed by atoms with Gasteiger partial charge >= 0.3 is 0 Å². The average Bonchev–Trinajstić information content (AvgIpc) is 2.93. The molecule has 0 amide bonds. The van der Waals surface area contributed by atoms with Crippen molar-refractivity contribution >= 4 is 5.78 Å². The minimum atomic E-state index is 0.0109. The molecule has 0 spiro atoms. The Morgan fingerprint density at radius 1 is 1.39 bits per heavy atom. The largest absolute Gasteiger partial charge is 0.497 e. The van der Waals surface area contributed by atoms with Gasteiger partial charge in [-0.15, -0.1) is 0 Å². The lowest BCUT2D eigenvalue weighted by molar-refractivity contribution is -0.120. The topological polar surface area (TPSA) is 47.6 Å². The second-order valence-corrected chi connectivity index (χ2v) is 4.47. The highest BCUT2D eigenvalue weighted by Gasteiger charge is 2.22. The van der Waals surface area contributed by atoms with E-state index in [4.69, 9.17) is 9.47 Å². The second-order valence-electron chi connectivity index (χ2n) is 4.47. The van der Waals surface area contributed by atoms with Gasteiger partial charge in [-0.1, -0.05) is 6.07 Å². The number of ether oxygens (including phenoxy) is 2. The minimum absolute atomic E-state index is 0.0109. The van der Waals surface area contributed by atoms with E-state index in [1.165, 1.54) is 0 Å². The van der Waals surface area contributed by atoms with Crippen molar-refractivity contribution < 1.29 is 14.3 Å². The first-order chi connectivity index (χ1) is 8.74. The Bertz CT molecular complexity index is 425. The van der Waals surface area contributed by atoms with Crippen molar-refractivity contribution in [2.45, 2.75) is 25.3 Å². The summed E-state index contributed by atoms with van der Waals surface area (Å²) in [6.07, 6.45) is 2.43. The van der Waals surface area contributed by atoms with Crippen molar-refractivity contribution in [3.63, 3.8) is 0 Å². The summed E-state index contributed by atoms with van der Waals surface area (Å²) >= 11 is 0. The van der Waals surface area contributed by atoms with Crippen molar-refractivity contribution in [2.75, 3.05) is 20.8 Å². The fraction of sp³-hybridized carbons (Fsp3) is 0.500. The summed E-state index contributed by atoms with van der Waals surface area (Å²) in [5.74, 6) is 1.68. The van der Waals surface area contributed by atoms with Crippen LogP contribution in [0.25, 0.3) is 0 Å². The van der Waals surface area contributed by atoms with Crippen molar-refractivity contribution in [3.8, 4) is 11.5 Å². The summed E-state index contributed by atoms with van der Waals surface area (Å²) in [6.45, 7) is 0.941. The number of ketones is 1. The van der Waals surface area contributed by atoms with Crippen molar-refractivity contribution in [1.82, 2.24) is 5.32 Å². The maximum atomic E-state index is 12.1. The molecule has 4 heteroatoms. The molecule has 2 rings (SSSR count). The van der Waals surface area contributed by atoms with E-state index < -0.39 is 0 Å². The van der Waals surface area contributed by atoms with Crippen LogP contribution in [0.5, 0.6) is 11.5 Å². The van der Waals surface area contributed by atoms with Gasteiger partial charge in [0.1, 0.15) is 11.5 Å². The minimum Gasteiger partial charge on any atom is -0.497 e. The number of benzene rings is 1. The van der Waals surface area contributed by atoms with Crippen LogP contribution in [0.4, 0.5) is 0 Å². The number of Topliss-reactive ketones (excluding diaryl/α,β-unsaturated/α-hetero) is 1. The van der Waals surface area contributed by atoms with E-state index in [0.29, 0.717) is 12.2 Å². The Labute approximate surface area is 107 Å². The number of hydrogen-bond acceptors (Lipinski definition) is 4. The van der Waals surface area contributed by atoms with Crippen LogP contribution in [0.2, 0.25) is 0 Å². The molecule has 1 fully saturated rings. The number of rotatable bonds is 5. The van der Waals surface area contributed by atoms with Crippen molar-refractivity contribution in [3.05, 3.63) is 23.8 Å². The maximum Gasteiger partial charge on any atom is 0.154 e. The van der Waals surface area contributed by atoms with Gasteiger partial charge in [0.25, 0.3) is 0 Å². The Morgan fingerprint density at radius 3 is 2.83 bits per heavy atom. The third kappa shape index (κ3) is 2.82. The molecule has 1 unspecified atom stereocenters. The average molecular weight is 249 g/mol. The molecule has 1 heterocycles. The molecule has 1 aromatic carbocycles. The van der Waals surface area contributed by atoms with Crippen LogP contribution in [0.15, 0.2) is 18.2 Å². The molecule has 0 saturated carbocycles. The zero-order valence-corrected chi connectivity index (χ0v) is 10.9. The molecule has 0 aliphatic carbocycles. The molecule has 0 bridgehead atoms. The molecule has 1 saturated heterocycles. The molecule has 18 heavy (non-hydrogen) atoms. The highest BCUT2D eigenvalue weighted by molar-refractivity contribution is 5.86. The first-order valence-electron chi connectivity index (χ1n) is 6.21. The number of methoxy groups -OCH3 is 2. The summed E-state index contributed by atoms with van der Waals surface area (Å²) in [4.78, 5) is 12.1. The number of carbonyl (C=O) groups is 1. The van der Waals surface area contributed by atoms with Gasteiger partial charge in [-0.2, -0.15) is 0 Å². The summed E-state index contributed by atoms with van der Waals surface area (Å²) in [5, 5.41) is 3.22. The SMILES string of the molecule is COc1ccc(CC(=O)C2CCCN2)c(OC)c1. The summed E-state index contributed by atoms with van der Waals surface area (Å²) < 4.78 is 10.4. The van der Waals surface area contributed by atoms with Gasteiger partial charge in [-0.05, 0) is 25.5 Å². The van der Waals surface area contributed by atoms with Gasteiger partial charge in [0, 0.05) is 18.1 Å². The molecule has 1 N–H and O–H groups in total. The highest BCUT2D eigenvalue weighted by Crippen LogP contribution is 2.25. The molecule has 0 aromatic heterocycles. The number of hydrogen-bond donors (Lipinski definition) is 1. The van der Waals surface area contributed by atoms with E-state index in [9.17, 15) is 4.79 Å². The van der Waals surface area contributed by atoms with Crippen LogP contribution in [-0.4, -0.2) is 32.6 Å². The monoisotopic (exact) mass is 249 g/mol. The van der Waals surface area contributed by atoms with Gasteiger partial charge in [0.2, 0.25) is 0 Å². The predicted molar refractivity (Wildman–Crippen MR) is 69.3 cm³/mol. The Hall–Kier alpha value is -1.55. The smallest absolute Gasteiger partial charge is 0.154 e. The summed E-state index contributed by atoms with van der Waals surface area (Å²) in [7, 11) is 3.22. The van der Waals surface area contributed by atoms with Gasteiger partial charge < -0.3 is 14.8 Å². The predicted octanol–water partition coefficient (Wildman–Crippen LogP) is 1.57. The first-order valence-corrected chi connectivity index (χ1v) is 6.21. The quantitative estimate of drug-likeness (QED) is 0.860. The molecule has 1 aliphatic heterocycles.